The highest BCUT2D eigenvalue weighted by molar-refractivity contribution is 5.89. The number of ether oxygens (including phenoxy) is 2. The highest BCUT2D eigenvalue weighted by Gasteiger charge is 2.15. The van der Waals surface area contributed by atoms with Crippen LogP contribution < -0.4 is 5.32 Å². The molecule has 1 heterocycles. The number of carbonyl (C=O) groups is 1. The molecule has 1 unspecified atom stereocenters. The van der Waals surface area contributed by atoms with Gasteiger partial charge in [0, 0.05) is 18.8 Å². The number of esters is 1. The summed E-state index contributed by atoms with van der Waals surface area (Å²) in [7, 11) is 0. The highest BCUT2D eigenvalue weighted by atomic mass is 16.5. The van der Waals surface area contributed by atoms with E-state index in [1.54, 1.807) is 12.1 Å². The first kappa shape index (κ1) is 13.9. The average molecular weight is 263 g/mol. The van der Waals surface area contributed by atoms with Crippen molar-refractivity contribution in [1.29, 1.82) is 0 Å². The molecule has 0 aromatic heterocycles. The Morgan fingerprint density at radius 2 is 2.16 bits per heavy atom. The highest BCUT2D eigenvalue weighted by Crippen LogP contribution is 2.15. The molecule has 1 aliphatic heterocycles. The van der Waals surface area contributed by atoms with E-state index in [2.05, 4.69) is 5.32 Å². The van der Waals surface area contributed by atoms with Crippen molar-refractivity contribution in [3.8, 4) is 0 Å². The van der Waals surface area contributed by atoms with Gasteiger partial charge in [0.1, 0.15) is 0 Å². The first-order valence-electron chi connectivity index (χ1n) is 6.81. The van der Waals surface area contributed by atoms with Gasteiger partial charge in [0.15, 0.2) is 0 Å². The largest absolute Gasteiger partial charge is 0.459 e. The van der Waals surface area contributed by atoms with E-state index >= 15 is 0 Å². The number of rotatable bonds is 5. The van der Waals surface area contributed by atoms with Crippen LogP contribution in [0.1, 0.15) is 37.0 Å². The van der Waals surface area contributed by atoms with E-state index in [0.717, 1.165) is 31.7 Å². The van der Waals surface area contributed by atoms with E-state index in [1.807, 2.05) is 26.0 Å². The van der Waals surface area contributed by atoms with Crippen LogP contribution in [0, 0.1) is 0 Å². The molecule has 1 N–H and O–H groups in total. The lowest BCUT2D eigenvalue weighted by atomic mass is 10.2. The maximum atomic E-state index is 11.7. The van der Waals surface area contributed by atoms with Crippen molar-refractivity contribution in [3.63, 3.8) is 0 Å². The molecule has 1 aromatic rings. The van der Waals surface area contributed by atoms with E-state index in [-0.39, 0.29) is 12.1 Å². The van der Waals surface area contributed by atoms with Gasteiger partial charge in [-0.25, -0.2) is 4.79 Å². The average Bonchev–Trinajstić information content (AvgIpc) is 2.89. The van der Waals surface area contributed by atoms with Crippen LogP contribution in [0.4, 0.5) is 5.69 Å². The molecule has 0 radical (unpaired) electrons. The molecule has 0 spiro atoms. The molecule has 2 rings (SSSR count). The monoisotopic (exact) mass is 263 g/mol. The second kappa shape index (κ2) is 6.57. The third kappa shape index (κ3) is 4.24. The normalized spacial score (nSPS) is 18.6. The minimum absolute atomic E-state index is 0.0928. The first-order valence-corrected chi connectivity index (χ1v) is 6.81. The van der Waals surface area contributed by atoms with Gasteiger partial charge in [-0.2, -0.15) is 0 Å². The lowest BCUT2D eigenvalue weighted by Crippen LogP contribution is -2.18. The van der Waals surface area contributed by atoms with Crippen LogP contribution in [0.5, 0.6) is 0 Å². The third-order valence-electron chi connectivity index (χ3n) is 3.02. The van der Waals surface area contributed by atoms with Crippen LogP contribution in [-0.2, 0) is 9.47 Å². The zero-order valence-electron chi connectivity index (χ0n) is 11.5. The van der Waals surface area contributed by atoms with Crippen molar-refractivity contribution in [2.45, 2.75) is 38.9 Å². The van der Waals surface area contributed by atoms with E-state index in [1.165, 1.54) is 0 Å². The number of carbonyl (C=O) groups excluding carboxylic acids is 1. The summed E-state index contributed by atoms with van der Waals surface area (Å²) in [5.41, 5.74) is 1.58. The Morgan fingerprint density at radius 1 is 1.42 bits per heavy atom. The summed E-state index contributed by atoms with van der Waals surface area (Å²) in [6.45, 7) is 5.37. The Morgan fingerprint density at radius 3 is 2.74 bits per heavy atom. The molecule has 104 valence electrons. The van der Waals surface area contributed by atoms with Crippen molar-refractivity contribution < 1.29 is 14.3 Å². The van der Waals surface area contributed by atoms with E-state index in [0.29, 0.717) is 11.7 Å². The van der Waals surface area contributed by atoms with E-state index < -0.39 is 0 Å². The molecule has 0 saturated carbocycles. The lowest BCUT2D eigenvalue weighted by molar-refractivity contribution is 0.0378. The van der Waals surface area contributed by atoms with Gasteiger partial charge < -0.3 is 14.8 Å². The molecule has 1 fully saturated rings. The van der Waals surface area contributed by atoms with Crippen molar-refractivity contribution in [2.24, 2.45) is 0 Å². The van der Waals surface area contributed by atoms with Crippen LogP contribution >= 0.6 is 0 Å². The van der Waals surface area contributed by atoms with Crippen LogP contribution in [0.2, 0.25) is 0 Å². The summed E-state index contributed by atoms with van der Waals surface area (Å²) in [6, 6.07) is 7.35. The molecule has 1 saturated heterocycles. The minimum Gasteiger partial charge on any atom is -0.459 e. The predicted octanol–water partition coefficient (Wildman–Crippen LogP) is 2.84. The van der Waals surface area contributed by atoms with Gasteiger partial charge in [0.2, 0.25) is 0 Å². The van der Waals surface area contributed by atoms with Crippen LogP contribution in [0.25, 0.3) is 0 Å². The standard InChI is InChI=1S/C15H21NO3/c1-11(2)19-15(17)12-5-7-13(8-6-12)16-10-14-4-3-9-18-14/h5-8,11,14,16H,3-4,9-10H2,1-2H3. The summed E-state index contributed by atoms with van der Waals surface area (Å²) >= 11 is 0. The second-order valence-corrected chi connectivity index (χ2v) is 5.05. The Labute approximate surface area is 114 Å². The summed E-state index contributed by atoms with van der Waals surface area (Å²) in [4.78, 5) is 11.7. The smallest absolute Gasteiger partial charge is 0.338 e. The molecule has 4 nitrogen and oxygen atoms in total. The van der Waals surface area contributed by atoms with Gasteiger partial charge in [0.25, 0.3) is 0 Å². The maximum absolute atomic E-state index is 11.7. The Kier molecular flexibility index (Phi) is 4.80. The molecular formula is C15H21NO3. The summed E-state index contributed by atoms with van der Waals surface area (Å²) < 4.78 is 10.7. The van der Waals surface area contributed by atoms with Gasteiger partial charge in [-0.15, -0.1) is 0 Å². The second-order valence-electron chi connectivity index (χ2n) is 5.05. The topological polar surface area (TPSA) is 47.6 Å². The fraction of sp³-hybridized carbons (Fsp3) is 0.533. The van der Waals surface area contributed by atoms with Crippen molar-refractivity contribution in [2.75, 3.05) is 18.5 Å². The van der Waals surface area contributed by atoms with Gasteiger partial charge >= 0.3 is 5.97 Å². The van der Waals surface area contributed by atoms with Crippen LogP contribution in [0.15, 0.2) is 24.3 Å². The number of hydrogen-bond acceptors (Lipinski definition) is 4. The summed E-state index contributed by atoms with van der Waals surface area (Å²) in [5.74, 6) is -0.277. The molecule has 0 amide bonds. The quantitative estimate of drug-likeness (QED) is 0.830. The van der Waals surface area contributed by atoms with Crippen molar-refractivity contribution >= 4 is 11.7 Å². The molecule has 0 bridgehead atoms. The Hall–Kier alpha value is -1.55. The predicted molar refractivity (Wildman–Crippen MR) is 74.5 cm³/mol. The Bertz CT molecular complexity index is 408. The van der Waals surface area contributed by atoms with Gasteiger partial charge in [-0.1, -0.05) is 0 Å². The summed E-state index contributed by atoms with van der Waals surface area (Å²) in [5, 5.41) is 3.32. The molecule has 19 heavy (non-hydrogen) atoms. The van der Waals surface area contributed by atoms with Gasteiger partial charge in [0.05, 0.1) is 17.8 Å². The fourth-order valence-corrected chi connectivity index (χ4v) is 2.04. The van der Waals surface area contributed by atoms with Gasteiger partial charge in [-0.05, 0) is 51.0 Å². The van der Waals surface area contributed by atoms with Crippen molar-refractivity contribution in [1.82, 2.24) is 0 Å². The molecular weight excluding hydrogens is 242 g/mol. The minimum atomic E-state index is -0.277. The molecule has 1 aliphatic rings. The van der Waals surface area contributed by atoms with E-state index in [4.69, 9.17) is 9.47 Å². The zero-order valence-corrected chi connectivity index (χ0v) is 11.5. The Balaban J connectivity index is 1.85. The SMILES string of the molecule is CC(C)OC(=O)c1ccc(NCC2CCCO2)cc1. The van der Waals surface area contributed by atoms with Crippen LogP contribution in [-0.4, -0.2) is 31.3 Å². The zero-order chi connectivity index (χ0) is 13.7. The fourth-order valence-electron chi connectivity index (χ4n) is 2.04. The maximum Gasteiger partial charge on any atom is 0.338 e. The molecule has 0 aliphatic carbocycles. The molecule has 1 atom stereocenters. The van der Waals surface area contributed by atoms with E-state index in [9.17, 15) is 4.79 Å². The molecule has 1 aromatic carbocycles. The number of hydrogen-bond donors (Lipinski definition) is 1. The third-order valence-corrected chi connectivity index (χ3v) is 3.02. The van der Waals surface area contributed by atoms with Crippen molar-refractivity contribution in [3.05, 3.63) is 29.8 Å². The number of benzene rings is 1. The first-order chi connectivity index (χ1) is 9.15. The number of nitrogens with one attached hydrogen (secondary N) is 1. The lowest BCUT2D eigenvalue weighted by Gasteiger charge is -2.12. The molecule has 4 heteroatoms. The number of anilines is 1. The van der Waals surface area contributed by atoms with Gasteiger partial charge in [-0.3, -0.25) is 0 Å². The summed E-state index contributed by atoms with van der Waals surface area (Å²) in [6.07, 6.45) is 2.48. The van der Waals surface area contributed by atoms with Crippen LogP contribution in [0.3, 0.4) is 0 Å².